The first-order chi connectivity index (χ1) is 9.82. The smallest absolute Gasteiger partial charge is 0.336 e. The standard InChI is InChI=1S/C16H30O5/c1-4-7-10-15(13(17)18,11-8-5-2)16(21,14(19)20)12-9-6-3/h21H,4-12H2,1-3H3,(H,17,18)(H,19,20). The minimum atomic E-state index is -2.20. The van der Waals surface area contributed by atoms with Crippen LogP contribution in [0.25, 0.3) is 0 Å². The molecule has 0 aromatic heterocycles. The van der Waals surface area contributed by atoms with Crippen LogP contribution in [0.15, 0.2) is 0 Å². The predicted octanol–water partition coefficient (Wildman–Crippen LogP) is 3.44. The Morgan fingerprint density at radius 3 is 1.43 bits per heavy atom. The Labute approximate surface area is 127 Å². The van der Waals surface area contributed by atoms with E-state index in [1.54, 1.807) is 0 Å². The fourth-order valence-electron chi connectivity index (χ4n) is 2.87. The zero-order valence-corrected chi connectivity index (χ0v) is 13.5. The maximum absolute atomic E-state index is 11.9. The fraction of sp³-hybridized carbons (Fsp3) is 0.875. The summed E-state index contributed by atoms with van der Waals surface area (Å²) >= 11 is 0. The molecule has 0 rings (SSSR count). The van der Waals surface area contributed by atoms with Crippen molar-refractivity contribution < 1.29 is 24.9 Å². The highest BCUT2D eigenvalue weighted by Gasteiger charge is 2.59. The van der Waals surface area contributed by atoms with Crippen LogP contribution < -0.4 is 0 Å². The lowest BCUT2D eigenvalue weighted by molar-refractivity contribution is -0.193. The van der Waals surface area contributed by atoms with Crippen LogP contribution in [0.4, 0.5) is 0 Å². The van der Waals surface area contributed by atoms with E-state index in [1.165, 1.54) is 0 Å². The number of hydrogen-bond acceptors (Lipinski definition) is 3. The predicted molar refractivity (Wildman–Crippen MR) is 81.2 cm³/mol. The van der Waals surface area contributed by atoms with Gasteiger partial charge in [-0.3, -0.25) is 4.79 Å². The summed E-state index contributed by atoms with van der Waals surface area (Å²) < 4.78 is 0. The molecule has 0 radical (unpaired) electrons. The first kappa shape index (κ1) is 19.9. The van der Waals surface area contributed by atoms with Crippen molar-refractivity contribution in [2.24, 2.45) is 5.41 Å². The van der Waals surface area contributed by atoms with Crippen LogP contribution in [-0.4, -0.2) is 32.9 Å². The van der Waals surface area contributed by atoms with Gasteiger partial charge in [-0.2, -0.15) is 0 Å². The molecule has 0 aliphatic heterocycles. The minimum absolute atomic E-state index is 0.0153. The molecular weight excluding hydrogens is 272 g/mol. The van der Waals surface area contributed by atoms with Gasteiger partial charge in [-0.15, -0.1) is 0 Å². The second kappa shape index (κ2) is 9.03. The Kier molecular flexibility index (Phi) is 8.55. The molecule has 0 spiro atoms. The molecule has 0 amide bonds. The Balaban J connectivity index is 5.73. The van der Waals surface area contributed by atoms with Crippen molar-refractivity contribution in [3.05, 3.63) is 0 Å². The van der Waals surface area contributed by atoms with Crippen molar-refractivity contribution in [3.8, 4) is 0 Å². The Hall–Kier alpha value is -1.10. The third-order valence-electron chi connectivity index (χ3n) is 4.36. The monoisotopic (exact) mass is 302 g/mol. The Bertz CT molecular complexity index is 332. The summed E-state index contributed by atoms with van der Waals surface area (Å²) in [6.07, 6.45) is 4.32. The summed E-state index contributed by atoms with van der Waals surface area (Å²) in [5.41, 5.74) is -3.79. The molecule has 0 saturated carbocycles. The van der Waals surface area contributed by atoms with E-state index < -0.39 is 23.0 Å². The summed E-state index contributed by atoms with van der Waals surface area (Å²) in [6.45, 7) is 5.75. The van der Waals surface area contributed by atoms with Crippen molar-refractivity contribution >= 4 is 11.9 Å². The molecule has 0 aromatic carbocycles. The summed E-state index contributed by atoms with van der Waals surface area (Å²) in [5.74, 6) is -2.60. The summed E-state index contributed by atoms with van der Waals surface area (Å²) in [6, 6.07) is 0. The van der Waals surface area contributed by atoms with Crippen LogP contribution in [0.2, 0.25) is 0 Å². The molecule has 0 saturated heterocycles. The molecule has 5 nitrogen and oxygen atoms in total. The van der Waals surface area contributed by atoms with Crippen molar-refractivity contribution in [1.82, 2.24) is 0 Å². The number of hydrogen-bond donors (Lipinski definition) is 3. The van der Waals surface area contributed by atoms with Crippen LogP contribution in [-0.2, 0) is 9.59 Å². The number of carboxylic acids is 2. The average molecular weight is 302 g/mol. The van der Waals surface area contributed by atoms with Crippen LogP contribution in [0.3, 0.4) is 0 Å². The van der Waals surface area contributed by atoms with Gasteiger partial charge in [0.2, 0.25) is 0 Å². The van der Waals surface area contributed by atoms with Crippen molar-refractivity contribution in [3.63, 3.8) is 0 Å². The first-order valence-electron chi connectivity index (χ1n) is 8.01. The zero-order valence-electron chi connectivity index (χ0n) is 13.5. The van der Waals surface area contributed by atoms with Crippen LogP contribution >= 0.6 is 0 Å². The largest absolute Gasteiger partial charge is 0.481 e. The Morgan fingerprint density at radius 2 is 1.14 bits per heavy atom. The summed E-state index contributed by atoms with van der Waals surface area (Å²) in [7, 11) is 0. The fourth-order valence-corrected chi connectivity index (χ4v) is 2.87. The topological polar surface area (TPSA) is 94.8 Å². The van der Waals surface area contributed by atoms with E-state index in [4.69, 9.17) is 0 Å². The highest BCUT2D eigenvalue weighted by molar-refractivity contribution is 5.88. The molecule has 21 heavy (non-hydrogen) atoms. The van der Waals surface area contributed by atoms with Gasteiger partial charge >= 0.3 is 11.9 Å². The molecule has 5 heteroatoms. The lowest BCUT2D eigenvalue weighted by atomic mass is 9.63. The Morgan fingerprint density at radius 1 is 0.762 bits per heavy atom. The molecule has 124 valence electrons. The summed E-state index contributed by atoms with van der Waals surface area (Å²) in [5, 5.41) is 30.0. The minimum Gasteiger partial charge on any atom is -0.481 e. The third-order valence-corrected chi connectivity index (χ3v) is 4.36. The molecule has 0 heterocycles. The quantitative estimate of drug-likeness (QED) is 0.513. The van der Waals surface area contributed by atoms with Crippen molar-refractivity contribution in [1.29, 1.82) is 0 Å². The number of aliphatic carboxylic acids is 2. The van der Waals surface area contributed by atoms with Gasteiger partial charge in [0.25, 0.3) is 0 Å². The van der Waals surface area contributed by atoms with Gasteiger partial charge in [0.15, 0.2) is 5.60 Å². The number of rotatable bonds is 12. The normalized spacial score (nSPS) is 14.7. The molecule has 0 aliphatic carbocycles. The highest BCUT2D eigenvalue weighted by Crippen LogP contribution is 2.45. The zero-order chi connectivity index (χ0) is 16.5. The van der Waals surface area contributed by atoms with E-state index in [2.05, 4.69) is 0 Å². The van der Waals surface area contributed by atoms with Crippen LogP contribution in [0, 0.1) is 5.41 Å². The molecule has 1 unspecified atom stereocenters. The van der Waals surface area contributed by atoms with Gasteiger partial charge in [0, 0.05) is 0 Å². The van der Waals surface area contributed by atoms with Gasteiger partial charge in [-0.25, -0.2) is 4.79 Å². The molecule has 3 N–H and O–H groups in total. The molecular formula is C16H30O5. The molecule has 0 aromatic rings. The SMILES string of the molecule is CCCCC(O)(C(=O)O)C(CCCC)(CCCC)C(=O)O. The van der Waals surface area contributed by atoms with E-state index in [9.17, 15) is 24.9 Å². The van der Waals surface area contributed by atoms with Crippen LogP contribution in [0.5, 0.6) is 0 Å². The average Bonchev–Trinajstić information content (AvgIpc) is 2.44. The highest BCUT2D eigenvalue weighted by atomic mass is 16.4. The van der Waals surface area contributed by atoms with Gasteiger partial charge in [0.1, 0.15) is 5.41 Å². The molecule has 0 bridgehead atoms. The number of carboxylic acid groups (broad SMARTS) is 2. The van der Waals surface area contributed by atoms with Gasteiger partial charge in [-0.05, 0) is 19.3 Å². The van der Waals surface area contributed by atoms with Crippen LogP contribution in [0.1, 0.15) is 78.6 Å². The van der Waals surface area contributed by atoms with E-state index in [-0.39, 0.29) is 19.3 Å². The first-order valence-corrected chi connectivity index (χ1v) is 8.01. The lowest BCUT2D eigenvalue weighted by Crippen LogP contribution is -2.58. The van der Waals surface area contributed by atoms with Gasteiger partial charge in [-0.1, -0.05) is 59.3 Å². The maximum atomic E-state index is 11.9. The number of carbonyl (C=O) groups is 2. The molecule has 0 aliphatic rings. The molecule has 0 fully saturated rings. The summed E-state index contributed by atoms with van der Waals surface area (Å²) in [4.78, 5) is 23.6. The second-order valence-corrected chi connectivity index (χ2v) is 5.86. The van der Waals surface area contributed by atoms with Gasteiger partial charge in [0.05, 0.1) is 0 Å². The van der Waals surface area contributed by atoms with Crippen molar-refractivity contribution in [2.45, 2.75) is 84.2 Å². The van der Waals surface area contributed by atoms with E-state index in [0.717, 1.165) is 12.8 Å². The van der Waals surface area contributed by atoms with E-state index in [1.807, 2.05) is 20.8 Å². The van der Waals surface area contributed by atoms with E-state index >= 15 is 0 Å². The maximum Gasteiger partial charge on any atom is 0.336 e. The van der Waals surface area contributed by atoms with Crippen molar-refractivity contribution in [2.75, 3.05) is 0 Å². The number of unbranched alkanes of at least 4 members (excludes halogenated alkanes) is 3. The second-order valence-electron chi connectivity index (χ2n) is 5.86. The van der Waals surface area contributed by atoms with Gasteiger partial charge < -0.3 is 15.3 Å². The third kappa shape index (κ3) is 4.43. The molecule has 1 atom stereocenters. The van der Waals surface area contributed by atoms with E-state index in [0.29, 0.717) is 25.7 Å². The lowest BCUT2D eigenvalue weighted by Gasteiger charge is -2.42. The number of aliphatic hydroxyl groups is 1.